The number of carbonyl (C=O) groups excluding carboxylic acids is 7. The lowest BCUT2D eigenvalue weighted by Gasteiger charge is -2.30. The van der Waals surface area contributed by atoms with E-state index in [1.54, 1.807) is 44.2 Å². The molecule has 0 spiro atoms. The molecule has 0 aromatic heterocycles. The fourth-order valence-electron chi connectivity index (χ4n) is 6.28. The second kappa shape index (κ2) is 27.2. The van der Waals surface area contributed by atoms with Gasteiger partial charge in [-0.25, -0.2) is 4.79 Å². The first kappa shape index (κ1) is 55.1. The van der Waals surface area contributed by atoms with Gasteiger partial charge in [-0.1, -0.05) is 65.0 Å². The van der Waals surface area contributed by atoms with E-state index < -0.39 is 139 Å². The van der Waals surface area contributed by atoms with E-state index in [0.717, 1.165) is 0 Å². The molecule has 0 bridgehead atoms. The summed E-state index contributed by atoms with van der Waals surface area (Å²) in [6.07, 6.45) is -3.49. The van der Waals surface area contributed by atoms with Gasteiger partial charge < -0.3 is 58.1 Å². The first-order valence-electron chi connectivity index (χ1n) is 20.8. The lowest BCUT2D eigenvalue weighted by molar-refractivity contribution is -0.143. The van der Waals surface area contributed by atoms with Gasteiger partial charge in [-0.05, 0) is 56.9 Å². The number of Topliss-reactive ketones (excluding diaryl/α,β-unsaturated/α-hetero) is 1. The van der Waals surface area contributed by atoms with Gasteiger partial charge in [0.15, 0.2) is 0 Å². The van der Waals surface area contributed by atoms with Crippen molar-refractivity contribution in [3.63, 3.8) is 0 Å². The minimum Gasteiger partial charge on any atom is -0.481 e. The summed E-state index contributed by atoms with van der Waals surface area (Å²) in [5.41, 5.74) is 6.40. The van der Waals surface area contributed by atoms with Crippen LogP contribution in [0.25, 0.3) is 0 Å². The second-order valence-electron chi connectivity index (χ2n) is 16.5. The van der Waals surface area contributed by atoms with Gasteiger partial charge in [-0.15, -0.1) is 0 Å². The quantitative estimate of drug-likeness (QED) is 0.0477. The number of carboxylic acid groups (broad SMARTS) is 3. The maximum atomic E-state index is 13.7. The number of aliphatic hydroxyl groups excluding tert-OH is 1. The molecule has 0 aliphatic rings. The minimum atomic E-state index is -1.48. The van der Waals surface area contributed by atoms with Crippen LogP contribution in [0.15, 0.2) is 30.3 Å². The maximum absolute atomic E-state index is 13.7. The molecule has 0 aliphatic heterocycles. The molecule has 0 heterocycles. The van der Waals surface area contributed by atoms with Crippen molar-refractivity contribution in [1.29, 1.82) is 0 Å². The Morgan fingerprint density at radius 3 is 1.67 bits per heavy atom. The van der Waals surface area contributed by atoms with E-state index >= 15 is 0 Å². The first-order chi connectivity index (χ1) is 29.3. The van der Waals surface area contributed by atoms with Crippen LogP contribution in [0.2, 0.25) is 0 Å². The molecular formula is C42H65N7O14. The molecule has 21 nitrogen and oxygen atoms in total. The number of hydrogen-bond acceptors (Lipinski definition) is 12. The van der Waals surface area contributed by atoms with Crippen LogP contribution in [-0.4, -0.2) is 128 Å². The number of carbonyl (C=O) groups is 10. The third-order valence-electron chi connectivity index (χ3n) is 9.87. The Kier molecular flexibility index (Phi) is 23.7. The Bertz CT molecular complexity index is 1760. The summed E-state index contributed by atoms with van der Waals surface area (Å²) in [6.45, 7) is 10.8. The Balaban J connectivity index is 3.07. The van der Waals surface area contributed by atoms with Gasteiger partial charge in [0, 0.05) is 31.6 Å². The van der Waals surface area contributed by atoms with E-state index in [1.807, 2.05) is 13.8 Å². The molecule has 0 unspecified atom stereocenters. The second-order valence-corrected chi connectivity index (χ2v) is 16.5. The minimum absolute atomic E-state index is 0.0928. The molecule has 6 amide bonds. The van der Waals surface area contributed by atoms with Gasteiger partial charge in [0.2, 0.25) is 35.4 Å². The van der Waals surface area contributed by atoms with E-state index in [-0.39, 0.29) is 38.0 Å². The molecule has 0 radical (unpaired) electrons. The van der Waals surface area contributed by atoms with E-state index in [0.29, 0.717) is 5.56 Å². The van der Waals surface area contributed by atoms with Gasteiger partial charge in [0.25, 0.3) is 0 Å². The van der Waals surface area contributed by atoms with Crippen molar-refractivity contribution >= 4 is 59.1 Å². The Morgan fingerprint density at radius 2 is 1.14 bits per heavy atom. The molecule has 0 saturated carbocycles. The average molecular weight is 892 g/mol. The molecule has 1 rings (SSSR count). The fourth-order valence-corrected chi connectivity index (χ4v) is 6.28. The standard InChI is InChI=1S/C42H65N7O14/c1-21(2)17-29(46-40(60)30(19-24(6)50)47-41(61)35(22(3)4)49-38(58)27(43)13-15-33(52)53)32(51)18-23(5)36(56)44-25(7)37(57)45-28(14-16-34(54)55)39(59)48-31(42(62)63)20-26-11-9-8-10-12-26/h8-12,21-23,25,27-32,35,51H,13-20,43H2,1-7H3,(H,44,56)(H,45,57)(H,46,60)(H,47,61)(H,48,59)(H,49,58)(H,52,53)(H,54,55)(H,62,63)/t23-,25+,27+,28+,29+,30+,31+,32+,35+/m1/s1. The van der Waals surface area contributed by atoms with Crippen molar-refractivity contribution in [2.45, 2.75) is 148 Å². The summed E-state index contributed by atoms with van der Waals surface area (Å²) in [6, 6.07) is -0.662. The molecule has 21 heteroatoms. The zero-order valence-electron chi connectivity index (χ0n) is 36.8. The molecule has 0 aliphatic carbocycles. The molecule has 63 heavy (non-hydrogen) atoms. The van der Waals surface area contributed by atoms with Crippen LogP contribution in [0.4, 0.5) is 0 Å². The van der Waals surface area contributed by atoms with Crippen LogP contribution in [0, 0.1) is 17.8 Å². The highest BCUT2D eigenvalue weighted by Crippen LogP contribution is 2.17. The van der Waals surface area contributed by atoms with Gasteiger partial charge >= 0.3 is 17.9 Å². The normalized spacial score (nSPS) is 15.5. The van der Waals surface area contributed by atoms with Crippen LogP contribution in [-0.2, 0) is 54.4 Å². The SMILES string of the molecule is CC(=O)C[C@H](NC(=O)[C@@H](NC(=O)[C@@H](N)CCC(=O)O)C(C)C)C(=O)N[C@@H](CC(C)C)[C@@H](O)C[C@@H](C)C(=O)N[C@@H](C)C(=O)N[C@@H](CCC(=O)O)C(=O)N[C@@H](Cc1ccccc1)C(=O)O. The number of hydrogen-bond donors (Lipinski definition) is 11. The van der Waals surface area contributed by atoms with E-state index in [4.69, 9.17) is 10.8 Å². The lowest BCUT2D eigenvalue weighted by Crippen LogP contribution is -2.59. The van der Waals surface area contributed by atoms with Crippen LogP contribution >= 0.6 is 0 Å². The summed E-state index contributed by atoms with van der Waals surface area (Å²) in [5.74, 6) is -10.9. The number of carboxylic acids is 3. The summed E-state index contributed by atoms with van der Waals surface area (Å²) in [7, 11) is 0. The molecular weight excluding hydrogens is 826 g/mol. The summed E-state index contributed by atoms with van der Waals surface area (Å²) in [4.78, 5) is 126. The van der Waals surface area contributed by atoms with E-state index in [1.165, 1.54) is 20.8 Å². The molecule has 9 atom stereocenters. The number of aliphatic carboxylic acids is 3. The number of amides is 6. The lowest BCUT2D eigenvalue weighted by atomic mass is 9.92. The van der Waals surface area contributed by atoms with Crippen molar-refractivity contribution in [3.8, 4) is 0 Å². The molecule has 0 fully saturated rings. The number of nitrogens with one attached hydrogen (secondary N) is 6. The summed E-state index contributed by atoms with van der Waals surface area (Å²) < 4.78 is 0. The predicted molar refractivity (Wildman–Crippen MR) is 226 cm³/mol. The summed E-state index contributed by atoms with van der Waals surface area (Å²) in [5, 5.41) is 54.0. The highest BCUT2D eigenvalue weighted by molar-refractivity contribution is 5.96. The topological polar surface area (TPSA) is 350 Å². The number of ketones is 1. The predicted octanol–water partition coefficient (Wildman–Crippen LogP) is -0.632. The molecule has 1 aromatic carbocycles. The van der Waals surface area contributed by atoms with Gasteiger partial charge in [0.1, 0.15) is 36.0 Å². The molecule has 1 aromatic rings. The highest BCUT2D eigenvalue weighted by atomic mass is 16.4. The summed E-state index contributed by atoms with van der Waals surface area (Å²) >= 11 is 0. The monoisotopic (exact) mass is 891 g/mol. The van der Waals surface area contributed by atoms with Crippen LogP contribution < -0.4 is 37.6 Å². The van der Waals surface area contributed by atoms with Crippen molar-refractivity contribution in [1.82, 2.24) is 31.9 Å². The largest absolute Gasteiger partial charge is 0.481 e. The molecule has 0 saturated heterocycles. The van der Waals surface area contributed by atoms with Gasteiger partial charge in [-0.3, -0.25) is 43.2 Å². The zero-order valence-corrected chi connectivity index (χ0v) is 36.8. The Morgan fingerprint density at radius 1 is 0.603 bits per heavy atom. The van der Waals surface area contributed by atoms with Crippen molar-refractivity contribution in [2.24, 2.45) is 23.5 Å². The number of nitrogens with two attached hydrogens (primary N) is 1. The average Bonchev–Trinajstić information content (AvgIpc) is 3.18. The first-order valence-corrected chi connectivity index (χ1v) is 20.8. The van der Waals surface area contributed by atoms with Gasteiger partial charge in [-0.2, -0.15) is 0 Å². The van der Waals surface area contributed by atoms with Crippen LogP contribution in [0.1, 0.15) is 99.0 Å². The van der Waals surface area contributed by atoms with Crippen molar-refractivity contribution < 1.29 is 68.4 Å². The zero-order chi connectivity index (χ0) is 48.1. The smallest absolute Gasteiger partial charge is 0.326 e. The molecule has 12 N–H and O–H groups in total. The maximum Gasteiger partial charge on any atom is 0.326 e. The van der Waals surface area contributed by atoms with E-state index in [2.05, 4.69) is 31.9 Å². The third-order valence-corrected chi connectivity index (χ3v) is 9.87. The highest BCUT2D eigenvalue weighted by Gasteiger charge is 2.34. The van der Waals surface area contributed by atoms with Crippen molar-refractivity contribution in [2.75, 3.05) is 0 Å². The Hall–Kier alpha value is -5.96. The Labute approximate surface area is 366 Å². The van der Waals surface area contributed by atoms with E-state index in [9.17, 15) is 63.3 Å². The molecule has 352 valence electrons. The van der Waals surface area contributed by atoms with Crippen LogP contribution in [0.3, 0.4) is 0 Å². The number of rotatable bonds is 29. The van der Waals surface area contributed by atoms with Crippen LogP contribution in [0.5, 0.6) is 0 Å². The van der Waals surface area contributed by atoms with Gasteiger partial charge in [0.05, 0.1) is 18.2 Å². The fraction of sp³-hybridized carbons (Fsp3) is 0.619. The number of aliphatic hydroxyl groups is 1. The van der Waals surface area contributed by atoms with Crippen molar-refractivity contribution in [3.05, 3.63) is 35.9 Å². The third kappa shape index (κ3) is 21.1. The number of benzene rings is 1.